The Morgan fingerprint density at radius 3 is 2.35 bits per heavy atom. The Morgan fingerprint density at radius 1 is 1.17 bits per heavy atom. The molecule has 4 nitrogen and oxygen atoms in total. The smallest absolute Gasteiger partial charge is 0.255 e. The summed E-state index contributed by atoms with van der Waals surface area (Å²) in [5, 5.41) is 3.66. The van der Waals surface area contributed by atoms with Gasteiger partial charge in [-0.05, 0) is 58.4 Å². The summed E-state index contributed by atoms with van der Waals surface area (Å²) in [7, 11) is 2.00. The van der Waals surface area contributed by atoms with E-state index in [0.29, 0.717) is 24.2 Å². The van der Waals surface area contributed by atoms with Gasteiger partial charge in [-0.3, -0.25) is 4.79 Å². The molecule has 1 saturated carbocycles. The normalized spacial score (nSPS) is 29.3. The van der Waals surface area contributed by atoms with Crippen molar-refractivity contribution in [2.75, 3.05) is 7.05 Å². The van der Waals surface area contributed by atoms with E-state index in [9.17, 15) is 4.79 Å². The molecule has 3 fully saturated rings. The molecule has 3 aliphatic rings. The van der Waals surface area contributed by atoms with Crippen molar-refractivity contribution in [2.24, 2.45) is 0 Å². The van der Waals surface area contributed by atoms with E-state index in [1.54, 1.807) is 0 Å². The van der Waals surface area contributed by atoms with Gasteiger partial charge in [0.2, 0.25) is 0 Å². The molecule has 1 aromatic rings. The monoisotopic (exact) mass is 337 g/mol. The third-order valence-electron chi connectivity index (χ3n) is 5.94. The Hall–Kier alpha value is -1.000. The number of hydrogen-bond acceptors (Lipinski definition) is 2. The highest BCUT2D eigenvalue weighted by molar-refractivity contribution is 5.95. The summed E-state index contributed by atoms with van der Waals surface area (Å²) in [6.45, 7) is 4.24. The summed E-state index contributed by atoms with van der Waals surface area (Å²) in [5.41, 5.74) is 3.31. The number of hydrogen-bond donors (Lipinski definition) is 1. The minimum atomic E-state index is 0. The molecule has 23 heavy (non-hydrogen) atoms. The minimum Gasteiger partial charge on any atom is -0.345 e. The number of carbonyl (C=O) groups is 1. The van der Waals surface area contributed by atoms with Crippen LogP contribution in [0.2, 0.25) is 0 Å². The van der Waals surface area contributed by atoms with E-state index >= 15 is 0 Å². The van der Waals surface area contributed by atoms with Crippen molar-refractivity contribution in [1.82, 2.24) is 14.8 Å². The fourth-order valence-corrected chi connectivity index (χ4v) is 4.59. The highest BCUT2D eigenvalue weighted by Crippen LogP contribution is 2.39. The van der Waals surface area contributed by atoms with E-state index < -0.39 is 0 Å². The Labute approximate surface area is 145 Å². The summed E-state index contributed by atoms with van der Waals surface area (Å²) in [6, 6.07) is 4.38. The van der Waals surface area contributed by atoms with Crippen LogP contribution in [0, 0.1) is 13.8 Å². The number of aryl methyl sites for hydroxylation is 1. The van der Waals surface area contributed by atoms with Crippen LogP contribution in [-0.4, -0.2) is 40.5 Å². The Morgan fingerprint density at radius 2 is 1.78 bits per heavy atom. The van der Waals surface area contributed by atoms with Gasteiger partial charge in [0.25, 0.3) is 5.91 Å². The van der Waals surface area contributed by atoms with Gasteiger partial charge in [0, 0.05) is 42.6 Å². The fraction of sp³-hybridized carbons (Fsp3) is 0.722. The van der Waals surface area contributed by atoms with Gasteiger partial charge < -0.3 is 14.8 Å². The highest BCUT2D eigenvalue weighted by Gasteiger charge is 2.37. The number of halogens is 1. The molecule has 2 saturated heterocycles. The lowest BCUT2D eigenvalue weighted by atomic mass is 9.98. The molecule has 1 N–H and O–H groups in total. The maximum atomic E-state index is 13.0. The first kappa shape index (κ1) is 16.8. The standard InChI is InChI=1S/C18H27N3O.ClH/c1-11-8-17(12(2)21(11)15-6-7-15)18(22)20(3)16-9-13-4-5-14(10-16)19-13;/h8,13-16,19H,4-7,9-10H2,1-3H3;1H. The number of fused-ring (bicyclic) bond motifs is 2. The van der Waals surface area contributed by atoms with E-state index in [4.69, 9.17) is 0 Å². The van der Waals surface area contributed by atoms with Crippen LogP contribution in [0.15, 0.2) is 6.07 Å². The molecule has 1 aromatic heterocycles. The van der Waals surface area contributed by atoms with Gasteiger partial charge in [0.15, 0.2) is 0 Å². The molecule has 2 bridgehead atoms. The van der Waals surface area contributed by atoms with E-state index in [1.165, 1.54) is 31.4 Å². The zero-order chi connectivity index (χ0) is 15.4. The second-order valence-electron chi connectivity index (χ2n) is 7.57. The van der Waals surface area contributed by atoms with Crippen molar-refractivity contribution in [3.05, 3.63) is 23.0 Å². The number of carbonyl (C=O) groups excluding carboxylic acids is 1. The molecule has 0 spiro atoms. The first-order valence-corrected chi connectivity index (χ1v) is 8.76. The summed E-state index contributed by atoms with van der Waals surface area (Å²) >= 11 is 0. The van der Waals surface area contributed by atoms with Crippen LogP contribution in [0.1, 0.15) is 66.3 Å². The first-order valence-electron chi connectivity index (χ1n) is 8.76. The van der Waals surface area contributed by atoms with E-state index in [2.05, 4.69) is 29.8 Å². The quantitative estimate of drug-likeness (QED) is 0.919. The van der Waals surface area contributed by atoms with E-state index in [1.807, 2.05) is 11.9 Å². The molecule has 0 radical (unpaired) electrons. The lowest BCUT2D eigenvalue weighted by molar-refractivity contribution is 0.0681. The molecule has 1 amide bonds. The van der Waals surface area contributed by atoms with Crippen molar-refractivity contribution in [3.63, 3.8) is 0 Å². The average molecular weight is 338 g/mol. The molecule has 5 heteroatoms. The van der Waals surface area contributed by atoms with Gasteiger partial charge in [-0.25, -0.2) is 0 Å². The van der Waals surface area contributed by atoms with Gasteiger partial charge in [0.05, 0.1) is 5.56 Å². The zero-order valence-electron chi connectivity index (χ0n) is 14.3. The minimum absolute atomic E-state index is 0. The zero-order valence-corrected chi connectivity index (χ0v) is 15.2. The lowest BCUT2D eigenvalue weighted by Gasteiger charge is -2.35. The molecule has 1 aliphatic carbocycles. The molecule has 3 heterocycles. The Bertz CT molecular complexity index is 596. The summed E-state index contributed by atoms with van der Waals surface area (Å²) in [6.07, 6.45) is 7.30. The second-order valence-corrected chi connectivity index (χ2v) is 7.57. The molecular weight excluding hydrogens is 310 g/mol. The molecule has 2 aliphatic heterocycles. The van der Waals surface area contributed by atoms with Crippen LogP contribution < -0.4 is 5.32 Å². The van der Waals surface area contributed by atoms with Crippen molar-refractivity contribution >= 4 is 18.3 Å². The van der Waals surface area contributed by atoms with Gasteiger partial charge in [0.1, 0.15) is 0 Å². The van der Waals surface area contributed by atoms with Gasteiger partial charge >= 0.3 is 0 Å². The van der Waals surface area contributed by atoms with E-state index in [-0.39, 0.29) is 18.3 Å². The number of amides is 1. The number of piperidine rings is 1. The molecular formula is C18H28ClN3O. The fourth-order valence-electron chi connectivity index (χ4n) is 4.59. The summed E-state index contributed by atoms with van der Waals surface area (Å²) < 4.78 is 2.37. The van der Waals surface area contributed by atoms with Gasteiger partial charge in [-0.15, -0.1) is 12.4 Å². The predicted octanol–water partition coefficient (Wildman–Crippen LogP) is 3.22. The summed E-state index contributed by atoms with van der Waals surface area (Å²) in [4.78, 5) is 15.0. The number of aromatic nitrogens is 1. The topological polar surface area (TPSA) is 37.3 Å². The lowest BCUT2D eigenvalue weighted by Crippen LogP contribution is -2.48. The third kappa shape index (κ3) is 2.91. The predicted molar refractivity (Wildman–Crippen MR) is 94.5 cm³/mol. The van der Waals surface area contributed by atoms with Crippen molar-refractivity contribution in [1.29, 1.82) is 0 Å². The van der Waals surface area contributed by atoms with Crippen molar-refractivity contribution in [3.8, 4) is 0 Å². The van der Waals surface area contributed by atoms with Crippen LogP contribution in [0.5, 0.6) is 0 Å². The van der Waals surface area contributed by atoms with Crippen molar-refractivity contribution < 1.29 is 4.79 Å². The van der Waals surface area contributed by atoms with Gasteiger partial charge in [-0.1, -0.05) is 0 Å². The van der Waals surface area contributed by atoms with Crippen LogP contribution in [0.4, 0.5) is 0 Å². The molecule has 2 unspecified atom stereocenters. The van der Waals surface area contributed by atoms with Crippen molar-refractivity contribution in [2.45, 2.75) is 76.5 Å². The number of nitrogens with zero attached hydrogens (tertiary/aromatic N) is 2. The maximum Gasteiger partial charge on any atom is 0.255 e. The second kappa shape index (κ2) is 6.14. The first-order chi connectivity index (χ1) is 10.5. The number of nitrogens with one attached hydrogen (secondary N) is 1. The average Bonchev–Trinajstić information content (AvgIpc) is 3.22. The number of rotatable bonds is 3. The maximum absolute atomic E-state index is 13.0. The third-order valence-corrected chi connectivity index (χ3v) is 5.94. The van der Waals surface area contributed by atoms with E-state index in [0.717, 1.165) is 24.1 Å². The molecule has 4 rings (SSSR count). The summed E-state index contributed by atoms with van der Waals surface area (Å²) in [5.74, 6) is 0.214. The SMILES string of the molecule is Cc1cc(C(=O)N(C)C2CC3CCC(C2)N3)c(C)n1C1CC1.Cl. The van der Waals surface area contributed by atoms with Crippen LogP contribution in [-0.2, 0) is 0 Å². The Kier molecular flexibility index (Phi) is 4.49. The van der Waals surface area contributed by atoms with Crippen LogP contribution in [0.3, 0.4) is 0 Å². The van der Waals surface area contributed by atoms with Crippen LogP contribution in [0.25, 0.3) is 0 Å². The molecule has 2 atom stereocenters. The van der Waals surface area contributed by atoms with Gasteiger partial charge in [-0.2, -0.15) is 0 Å². The molecule has 0 aromatic carbocycles. The largest absolute Gasteiger partial charge is 0.345 e. The Balaban J connectivity index is 0.00000156. The van der Waals surface area contributed by atoms with Crippen LogP contribution >= 0.6 is 12.4 Å². The molecule has 128 valence electrons. The highest BCUT2D eigenvalue weighted by atomic mass is 35.5.